The molecule has 1 N–H and O–H groups in total. The van der Waals surface area contributed by atoms with Crippen LogP contribution in [0, 0.1) is 0 Å². The van der Waals surface area contributed by atoms with Crippen LogP contribution in [0.1, 0.15) is 39.0 Å². The average Bonchev–Trinajstić information content (AvgIpc) is 2.98. The Hall–Kier alpha value is -0.290. The van der Waals surface area contributed by atoms with Gasteiger partial charge in [0.05, 0.1) is 0 Å². The highest BCUT2D eigenvalue weighted by Crippen LogP contribution is 2.22. The lowest BCUT2D eigenvalue weighted by Gasteiger charge is -2.16. The maximum Gasteiger partial charge on any atom is 0.414 e. The number of halogens is 3. The number of alkyl halides is 3. The van der Waals surface area contributed by atoms with Crippen molar-refractivity contribution < 1.29 is 17.9 Å². The van der Waals surface area contributed by atoms with Gasteiger partial charge in [-0.1, -0.05) is 0 Å². The van der Waals surface area contributed by atoms with E-state index in [0.29, 0.717) is 12.5 Å². The molecular formula is C11H20F3NO. The Balaban J connectivity index is 1.83. The first-order chi connectivity index (χ1) is 7.50. The van der Waals surface area contributed by atoms with Gasteiger partial charge in [0.25, 0.3) is 0 Å². The molecule has 1 aliphatic rings. The molecule has 1 aliphatic carbocycles. The third-order valence-corrected chi connectivity index (χ3v) is 2.66. The standard InChI is InChI=1S/C11H20F3NO/c1-9(11(12,13)14)16-8-4-2-3-7-15-10-5-6-10/h9-10,15H,2-8H2,1H3. The minimum atomic E-state index is -4.23. The lowest BCUT2D eigenvalue weighted by Crippen LogP contribution is -2.28. The van der Waals surface area contributed by atoms with Gasteiger partial charge in [0.15, 0.2) is 6.10 Å². The predicted octanol–water partition coefficient (Wildman–Crippen LogP) is 2.88. The average molecular weight is 239 g/mol. The SMILES string of the molecule is CC(OCCCCCNC1CC1)C(F)(F)F. The van der Waals surface area contributed by atoms with Gasteiger partial charge in [-0.2, -0.15) is 13.2 Å². The Kier molecular flexibility index (Phi) is 5.55. The van der Waals surface area contributed by atoms with Gasteiger partial charge >= 0.3 is 6.18 Å². The van der Waals surface area contributed by atoms with E-state index in [1.807, 2.05) is 0 Å². The summed E-state index contributed by atoms with van der Waals surface area (Å²) >= 11 is 0. The molecule has 1 unspecified atom stereocenters. The molecular weight excluding hydrogens is 219 g/mol. The second kappa shape index (κ2) is 6.45. The number of hydrogen-bond donors (Lipinski definition) is 1. The van der Waals surface area contributed by atoms with E-state index in [4.69, 9.17) is 4.74 Å². The van der Waals surface area contributed by atoms with Crippen LogP contribution >= 0.6 is 0 Å². The zero-order valence-corrected chi connectivity index (χ0v) is 9.65. The van der Waals surface area contributed by atoms with Gasteiger partial charge in [-0.05, 0) is 45.6 Å². The minimum absolute atomic E-state index is 0.199. The molecule has 1 atom stereocenters. The van der Waals surface area contributed by atoms with Gasteiger partial charge in [-0.25, -0.2) is 0 Å². The van der Waals surface area contributed by atoms with Gasteiger partial charge in [-0.15, -0.1) is 0 Å². The normalized spacial score (nSPS) is 18.8. The van der Waals surface area contributed by atoms with E-state index in [1.165, 1.54) is 12.8 Å². The number of rotatable bonds is 8. The highest BCUT2D eigenvalue weighted by atomic mass is 19.4. The molecule has 0 aromatic heterocycles. The van der Waals surface area contributed by atoms with E-state index in [9.17, 15) is 13.2 Å². The smallest absolute Gasteiger partial charge is 0.369 e. The fourth-order valence-electron chi connectivity index (χ4n) is 1.35. The summed E-state index contributed by atoms with van der Waals surface area (Å²) in [7, 11) is 0. The maximum atomic E-state index is 12.0. The van der Waals surface area contributed by atoms with E-state index < -0.39 is 12.3 Å². The summed E-state index contributed by atoms with van der Waals surface area (Å²) in [6.07, 6.45) is -0.694. The molecule has 5 heteroatoms. The summed E-state index contributed by atoms with van der Waals surface area (Å²) in [5, 5.41) is 3.36. The second-order valence-corrected chi connectivity index (χ2v) is 4.34. The molecule has 1 saturated carbocycles. The van der Waals surface area contributed by atoms with Crippen molar-refractivity contribution in [1.29, 1.82) is 0 Å². The monoisotopic (exact) mass is 239 g/mol. The molecule has 0 heterocycles. The van der Waals surface area contributed by atoms with Crippen molar-refractivity contribution in [3.8, 4) is 0 Å². The molecule has 0 saturated heterocycles. The minimum Gasteiger partial charge on any atom is -0.369 e. The van der Waals surface area contributed by atoms with Gasteiger partial charge in [0.1, 0.15) is 0 Å². The summed E-state index contributed by atoms with van der Waals surface area (Å²) in [4.78, 5) is 0. The van der Waals surface area contributed by atoms with Gasteiger partial charge in [-0.3, -0.25) is 0 Å². The maximum absolute atomic E-state index is 12.0. The van der Waals surface area contributed by atoms with E-state index in [0.717, 1.165) is 26.3 Å². The van der Waals surface area contributed by atoms with Crippen LogP contribution in [0.5, 0.6) is 0 Å². The van der Waals surface area contributed by atoms with Gasteiger partial charge in [0.2, 0.25) is 0 Å². The van der Waals surface area contributed by atoms with Crippen molar-refractivity contribution >= 4 is 0 Å². The molecule has 16 heavy (non-hydrogen) atoms. The van der Waals surface area contributed by atoms with E-state index in [-0.39, 0.29) is 6.61 Å². The van der Waals surface area contributed by atoms with E-state index >= 15 is 0 Å². The number of ether oxygens (including phenoxy) is 1. The Morgan fingerprint density at radius 1 is 1.25 bits per heavy atom. The zero-order valence-electron chi connectivity index (χ0n) is 9.65. The highest BCUT2D eigenvalue weighted by Gasteiger charge is 2.36. The first-order valence-corrected chi connectivity index (χ1v) is 5.92. The summed E-state index contributed by atoms with van der Waals surface area (Å²) in [6, 6.07) is 0.710. The Bertz CT molecular complexity index is 192. The molecule has 1 fully saturated rings. The number of unbranched alkanes of at least 4 members (excludes halogenated alkanes) is 2. The molecule has 0 radical (unpaired) electrons. The first kappa shape index (κ1) is 13.8. The van der Waals surface area contributed by atoms with Crippen molar-refractivity contribution in [1.82, 2.24) is 5.32 Å². The summed E-state index contributed by atoms with van der Waals surface area (Å²) in [5.74, 6) is 0. The molecule has 0 spiro atoms. The number of hydrogen-bond acceptors (Lipinski definition) is 2. The zero-order chi connectivity index (χ0) is 12.0. The lowest BCUT2D eigenvalue weighted by atomic mass is 10.2. The third kappa shape index (κ3) is 6.33. The van der Waals surface area contributed by atoms with Crippen LogP contribution in [0.25, 0.3) is 0 Å². The van der Waals surface area contributed by atoms with Crippen molar-refractivity contribution in [2.75, 3.05) is 13.2 Å². The summed E-state index contributed by atoms with van der Waals surface area (Å²) in [5.41, 5.74) is 0. The van der Waals surface area contributed by atoms with Crippen LogP contribution in [-0.2, 0) is 4.74 Å². The van der Waals surface area contributed by atoms with Gasteiger partial charge in [0, 0.05) is 12.6 Å². The van der Waals surface area contributed by atoms with Crippen LogP contribution in [0.4, 0.5) is 13.2 Å². The largest absolute Gasteiger partial charge is 0.414 e. The fraction of sp³-hybridized carbons (Fsp3) is 1.00. The van der Waals surface area contributed by atoms with Crippen molar-refractivity contribution in [2.45, 2.75) is 57.3 Å². The Morgan fingerprint density at radius 3 is 2.50 bits per heavy atom. The molecule has 0 aromatic rings. The Labute approximate surface area is 94.5 Å². The first-order valence-electron chi connectivity index (χ1n) is 5.92. The van der Waals surface area contributed by atoms with Crippen LogP contribution < -0.4 is 5.32 Å². The van der Waals surface area contributed by atoms with Crippen molar-refractivity contribution in [2.24, 2.45) is 0 Å². The topological polar surface area (TPSA) is 21.3 Å². The molecule has 2 nitrogen and oxygen atoms in total. The third-order valence-electron chi connectivity index (χ3n) is 2.66. The summed E-state index contributed by atoms with van der Waals surface area (Å²) in [6.45, 7) is 2.22. The van der Waals surface area contributed by atoms with Crippen LogP contribution in [0.15, 0.2) is 0 Å². The van der Waals surface area contributed by atoms with Crippen LogP contribution in [0.3, 0.4) is 0 Å². The molecule has 0 amide bonds. The van der Waals surface area contributed by atoms with E-state index in [1.54, 1.807) is 0 Å². The highest BCUT2D eigenvalue weighted by molar-refractivity contribution is 4.80. The lowest BCUT2D eigenvalue weighted by molar-refractivity contribution is -0.214. The molecule has 1 rings (SSSR count). The molecule has 0 bridgehead atoms. The predicted molar refractivity (Wildman–Crippen MR) is 56.3 cm³/mol. The molecule has 0 aliphatic heterocycles. The van der Waals surface area contributed by atoms with E-state index in [2.05, 4.69) is 5.32 Å². The molecule has 0 aromatic carbocycles. The second-order valence-electron chi connectivity index (χ2n) is 4.34. The number of nitrogens with one attached hydrogen (secondary N) is 1. The summed E-state index contributed by atoms with van der Waals surface area (Å²) < 4.78 is 40.8. The van der Waals surface area contributed by atoms with Gasteiger partial charge < -0.3 is 10.1 Å². The fourth-order valence-corrected chi connectivity index (χ4v) is 1.35. The Morgan fingerprint density at radius 2 is 1.94 bits per heavy atom. The van der Waals surface area contributed by atoms with Crippen molar-refractivity contribution in [3.63, 3.8) is 0 Å². The molecule has 96 valence electrons. The van der Waals surface area contributed by atoms with Crippen LogP contribution in [-0.4, -0.2) is 31.5 Å². The van der Waals surface area contributed by atoms with Crippen LogP contribution in [0.2, 0.25) is 0 Å². The van der Waals surface area contributed by atoms with Crippen molar-refractivity contribution in [3.05, 3.63) is 0 Å². The quantitative estimate of drug-likeness (QED) is 0.658.